The molecule has 0 heterocycles. The molecule has 0 aliphatic heterocycles. The lowest BCUT2D eigenvalue weighted by Crippen LogP contribution is -2.31. The smallest absolute Gasteiger partial charge is 0.328 e. The summed E-state index contributed by atoms with van der Waals surface area (Å²) in [6.07, 6.45) is -2.09. The van der Waals surface area contributed by atoms with Crippen LogP contribution in [-0.2, 0) is 16.1 Å². The molecule has 1 unspecified atom stereocenters. The number of ether oxygens (including phenoxy) is 2. The number of carbonyl (C=O) groups is 1. The predicted molar refractivity (Wildman–Crippen MR) is 121 cm³/mol. The molecule has 0 spiro atoms. The van der Waals surface area contributed by atoms with Gasteiger partial charge in [0.2, 0.25) is 0 Å². The van der Waals surface area contributed by atoms with Crippen LogP contribution in [0.1, 0.15) is 24.5 Å². The molecule has 3 aromatic rings. The van der Waals surface area contributed by atoms with Crippen molar-refractivity contribution in [2.75, 3.05) is 11.9 Å². The minimum Gasteiger partial charge on any atom is -0.489 e. The van der Waals surface area contributed by atoms with Crippen molar-refractivity contribution in [3.63, 3.8) is 0 Å². The average Bonchev–Trinajstić information content (AvgIpc) is 2.82. The fraction of sp³-hybridized carbons (Fsp3) is 0.192. The first-order valence-corrected chi connectivity index (χ1v) is 10.4. The first-order chi connectivity index (χ1) is 15.6. The largest absolute Gasteiger partial charge is 0.489 e. The van der Waals surface area contributed by atoms with Crippen LogP contribution in [0.25, 0.3) is 5.57 Å². The third-order valence-electron chi connectivity index (χ3n) is 4.75. The van der Waals surface area contributed by atoms with Crippen LogP contribution in [0, 0.1) is 0 Å². The number of esters is 1. The van der Waals surface area contributed by atoms with Gasteiger partial charge in [-0.1, -0.05) is 60.7 Å². The summed E-state index contributed by atoms with van der Waals surface area (Å²) in [6.45, 7) is 2.16. The van der Waals surface area contributed by atoms with Crippen molar-refractivity contribution in [3.8, 4) is 5.75 Å². The molecule has 3 rings (SSSR count). The number of halogens is 2. The zero-order valence-electron chi connectivity index (χ0n) is 17.8. The number of para-hydroxylation sites is 1. The highest BCUT2D eigenvalue weighted by Crippen LogP contribution is 2.30. The molecule has 0 amide bonds. The van der Waals surface area contributed by atoms with Crippen LogP contribution >= 0.6 is 0 Å². The summed E-state index contributed by atoms with van der Waals surface area (Å²) >= 11 is 0. The van der Waals surface area contributed by atoms with Crippen molar-refractivity contribution in [2.45, 2.75) is 26.0 Å². The fourth-order valence-corrected chi connectivity index (χ4v) is 3.19. The third kappa shape index (κ3) is 6.67. The number of hydrogen-bond donors (Lipinski definition) is 1. The molecule has 166 valence electrons. The standard InChI is InChI=1S/C26H25F2NO3/c1-2-31-26(30)24(29-21-13-7-4-8-14-21)17-23(25(27)28)20-12-9-15-22(16-20)32-18-19-10-5-3-6-11-19/h3-16,24,29H,2,17-18H2,1H3. The third-order valence-corrected chi connectivity index (χ3v) is 4.75. The highest BCUT2D eigenvalue weighted by atomic mass is 19.3. The van der Waals surface area contributed by atoms with Crippen LogP contribution in [0.2, 0.25) is 0 Å². The van der Waals surface area contributed by atoms with E-state index in [1.54, 1.807) is 55.5 Å². The van der Waals surface area contributed by atoms with Gasteiger partial charge in [-0.05, 0) is 42.3 Å². The van der Waals surface area contributed by atoms with Crippen molar-refractivity contribution < 1.29 is 23.0 Å². The van der Waals surface area contributed by atoms with Crippen LogP contribution in [-0.4, -0.2) is 18.6 Å². The number of nitrogens with one attached hydrogen (secondary N) is 1. The Kier molecular flexibility index (Phi) is 8.37. The first-order valence-electron chi connectivity index (χ1n) is 10.4. The number of benzene rings is 3. The number of hydrogen-bond acceptors (Lipinski definition) is 4. The van der Waals surface area contributed by atoms with E-state index in [0.717, 1.165) is 5.56 Å². The van der Waals surface area contributed by atoms with Crippen molar-refractivity contribution >= 4 is 17.2 Å². The highest BCUT2D eigenvalue weighted by molar-refractivity contribution is 5.83. The van der Waals surface area contributed by atoms with Gasteiger partial charge in [-0.15, -0.1) is 0 Å². The molecule has 1 atom stereocenters. The van der Waals surface area contributed by atoms with Gasteiger partial charge in [-0.2, -0.15) is 8.78 Å². The molecular formula is C26H25F2NO3. The Morgan fingerprint density at radius 2 is 1.62 bits per heavy atom. The molecular weight excluding hydrogens is 412 g/mol. The topological polar surface area (TPSA) is 47.6 Å². The Labute approximate surface area is 186 Å². The van der Waals surface area contributed by atoms with E-state index in [2.05, 4.69) is 5.32 Å². The minimum absolute atomic E-state index is 0.159. The number of carbonyl (C=O) groups excluding carboxylic acids is 1. The van der Waals surface area contributed by atoms with Gasteiger partial charge in [0, 0.05) is 17.7 Å². The van der Waals surface area contributed by atoms with Gasteiger partial charge in [-0.25, -0.2) is 4.79 Å². The van der Waals surface area contributed by atoms with Crippen molar-refractivity contribution in [1.29, 1.82) is 0 Å². The van der Waals surface area contributed by atoms with Gasteiger partial charge in [-0.3, -0.25) is 0 Å². The van der Waals surface area contributed by atoms with Gasteiger partial charge >= 0.3 is 5.97 Å². The maximum Gasteiger partial charge on any atom is 0.328 e. The molecule has 0 saturated heterocycles. The lowest BCUT2D eigenvalue weighted by atomic mass is 9.99. The van der Waals surface area contributed by atoms with Crippen LogP contribution in [0.3, 0.4) is 0 Å². The van der Waals surface area contributed by atoms with E-state index in [-0.39, 0.29) is 18.6 Å². The maximum absolute atomic E-state index is 14.0. The summed E-state index contributed by atoms with van der Waals surface area (Å²) in [5, 5.41) is 3.01. The summed E-state index contributed by atoms with van der Waals surface area (Å²) in [5.41, 5.74) is 1.67. The van der Waals surface area contributed by atoms with E-state index in [0.29, 0.717) is 23.6 Å². The van der Waals surface area contributed by atoms with Crippen LogP contribution < -0.4 is 10.1 Å². The molecule has 32 heavy (non-hydrogen) atoms. The Hall–Kier alpha value is -3.67. The molecule has 0 aromatic heterocycles. The summed E-state index contributed by atoms with van der Waals surface area (Å²) in [5.74, 6) is -0.125. The second-order valence-electron chi connectivity index (χ2n) is 7.06. The van der Waals surface area contributed by atoms with Gasteiger partial charge in [0.15, 0.2) is 0 Å². The molecule has 4 nitrogen and oxygen atoms in total. The van der Waals surface area contributed by atoms with Crippen molar-refractivity contribution in [3.05, 3.63) is 102 Å². The van der Waals surface area contributed by atoms with Gasteiger partial charge in [0.25, 0.3) is 6.08 Å². The number of rotatable bonds is 10. The lowest BCUT2D eigenvalue weighted by Gasteiger charge is -2.20. The van der Waals surface area contributed by atoms with Gasteiger partial charge in [0.1, 0.15) is 18.4 Å². The predicted octanol–water partition coefficient (Wildman–Crippen LogP) is 6.31. The first kappa shape index (κ1) is 23.0. The maximum atomic E-state index is 14.0. The molecule has 0 saturated carbocycles. The normalized spacial score (nSPS) is 11.3. The highest BCUT2D eigenvalue weighted by Gasteiger charge is 2.24. The molecule has 0 fully saturated rings. The monoisotopic (exact) mass is 437 g/mol. The molecule has 0 aliphatic rings. The quantitative estimate of drug-likeness (QED) is 0.378. The van der Waals surface area contributed by atoms with E-state index in [9.17, 15) is 13.6 Å². The van der Waals surface area contributed by atoms with E-state index >= 15 is 0 Å². The van der Waals surface area contributed by atoms with Gasteiger partial charge in [0.05, 0.1) is 6.61 Å². The van der Waals surface area contributed by atoms with Gasteiger partial charge < -0.3 is 14.8 Å². The average molecular weight is 437 g/mol. The van der Waals surface area contributed by atoms with E-state index in [4.69, 9.17) is 9.47 Å². The summed E-state index contributed by atoms with van der Waals surface area (Å²) in [6, 6.07) is 24.1. The van der Waals surface area contributed by atoms with E-state index in [1.165, 1.54) is 0 Å². The summed E-state index contributed by atoms with van der Waals surface area (Å²) in [7, 11) is 0. The van der Waals surface area contributed by atoms with Crippen molar-refractivity contribution in [1.82, 2.24) is 0 Å². The van der Waals surface area contributed by atoms with Crippen molar-refractivity contribution in [2.24, 2.45) is 0 Å². The Morgan fingerprint density at radius 1 is 0.938 bits per heavy atom. The minimum atomic E-state index is -1.85. The Bertz CT molecular complexity index is 1040. The lowest BCUT2D eigenvalue weighted by molar-refractivity contribution is -0.143. The molecule has 0 radical (unpaired) electrons. The SMILES string of the molecule is CCOC(=O)C(CC(=C(F)F)c1cccc(OCc2ccccc2)c1)Nc1ccccc1. The summed E-state index contributed by atoms with van der Waals surface area (Å²) < 4.78 is 38.8. The fourth-order valence-electron chi connectivity index (χ4n) is 3.19. The van der Waals surface area contributed by atoms with Crippen LogP contribution in [0.15, 0.2) is 91.0 Å². The molecule has 3 aromatic carbocycles. The molecule has 0 bridgehead atoms. The van der Waals surface area contributed by atoms with E-state index < -0.39 is 18.1 Å². The Morgan fingerprint density at radius 3 is 2.28 bits per heavy atom. The molecule has 6 heteroatoms. The van der Waals surface area contributed by atoms with E-state index in [1.807, 2.05) is 36.4 Å². The van der Waals surface area contributed by atoms with Crippen LogP contribution in [0.4, 0.5) is 14.5 Å². The second kappa shape index (κ2) is 11.6. The molecule has 1 N–H and O–H groups in total. The summed E-state index contributed by atoms with van der Waals surface area (Å²) in [4.78, 5) is 12.5. The molecule has 0 aliphatic carbocycles. The zero-order chi connectivity index (χ0) is 22.8. The second-order valence-corrected chi connectivity index (χ2v) is 7.06. The zero-order valence-corrected chi connectivity index (χ0v) is 17.8. The Balaban J connectivity index is 1.79. The van der Waals surface area contributed by atoms with Crippen LogP contribution in [0.5, 0.6) is 5.75 Å². The number of anilines is 1.